The van der Waals surface area contributed by atoms with Gasteiger partial charge in [0.25, 0.3) is 11.8 Å². The van der Waals surface area contributed by atoms with Crippen molar-refractivity contribution in [2.75, 3.05) is 78.7 Å². The number of fused-ring (bicyclic) bond motifs is 2. The molecular weight excluding hydrogens is 1010 g/mol. The van der Waals surface area contributed by atoms with E-state index in [1.165, 1.54) is 12.8 Å². The van der Waals surface area contributed by atoms with Crippen molar-refractivity contribution in [3.05, 3.63) is 118 Å². The lowest BCUT2D eigenvalue weighted by Crippen LogP contribution is -2.48. The van der Waals surface area contributed by atoms with E-state index >= 15 is 0 Å². The first-order chi connectivity index (χ1) is 38.0. The summed E-state index contributed by atoms with van der Waals surface area (Å²) in [5.41, 5.74) is 8.94. The molecule has 1 unspecified atom stereocenters. The average molecular weight is 1100 g/mol. The lowest BCUT2D eigenvalue weighted by atomic mass is 10.0. The topological polar surface area (TPSA) is 117 Å². The number of hydrogen-bond donors (Lipinski definition) is 0. The van der Waals surface area contributed by atoms with E-state index in [1.54, 1.807) is 6.92 Å². The minimum atomic E-state index is -0.0692. The Morgan fingerprint density at radius 1 is 0.709 bits per heavy atom. The van der Waals surface area contributed by atoms with Gasteiger partial charge in [-0.1, -0.05) is 103 Å². The third-order valence-corrected chi connectivity index (χ3v) is 15.9. The third-order valence-electron chi connectivity index (χ3n) is 15.7. The highest BCUT2D eigenvalue weighted by Gasteiger charge is 2.27. The standard InChI is InChI=1S/C65H87ClN8O5/c1-45(2)22-32-71(33-23-46(3)4)64(76)52-26-36-73-59(40-52)56(62(67-73)51-18-16-50(17-19-51)49(9)75)15-13-31-70-38-39-78-43-55(70)44-79-61-21-20-54(66)42-58(61)63-57(14-12-30-69-28-10-11-29-69)60-41-53(27-37-74(60)68-63)65(77)72(34-24-47(5)6)35-25-48(7)8/h13,15-21,26-27,36-37,40-42,45-48,55H,10-12,14,22-25,28-35,38-39,43-44H2,1-9H3/b15-13+. The molecule has 1 atom stereocenters. The Bertz CT molecular complexity index is 3000. The van der Waals surface area contributed by atoms with Crippen LogP contribution in [0.4, 0.5) is 0 Å². The zero-order valence-corrected chi connectivity index (χ0v) is 49.4. The maximum atomic E-state index is 14.4. The molecule has 424 valence electrons. The van der Waals surface area contributed by atoms with Crippen LogP contribution in [-0.2, 0) is 11.2 Å². The van der Waals surface area contributed by atoms with Crippen LogP contribution in [0.1, 0.15) is 149 Å². The summed E-state index contributed by atoms with van der Waals surface area (Å²) in [7, 11) is 0. The van der Waals surface area contributed by atoms with Crippen molar-refractivity contribution in [1.82, 2.24) is 38.8 Å². The zero-order valence-electron chi connectivity index (χ0n) is 48.7. The second kappa shape index (κ2) is 28.0. The molecule has 2 saturated heterocycles. The largest absolute Gasteiger partial charge is 0.491 e. The molecule has 0 spiro atoms. The number of carbonyl (C=O) groups is 3. The minimum absolute atomic E-state index is 0.00316. The third kappa shape index (κ3) is 15.7. The van der Waals surface area contributed by atoms with Crippen LogP contribution in [0.25, 0.3) is 39.6 Å². The van der Waals surface area contributed by atoms with E-state index in [4.69, 9.17) is 31.3 Å². The predicted octanol–water partition coefficient (Wildman–Crippen LogP) is 13.1. The first kappa shape index (κ1) is 59.3. The van der Waals surface area contributed by atoms with Gasteiger partial charge in [0.05, 0.1) is 30.3 Å². The monoisotopic (exact) mass is 1090 g/mol. The summed E-state index contributed by atoms with van der Waals surface area (Å²) in [5.74, 6) is 2.73. The average Bonchev–Trinajstić information content (AvgIpc) is 4.21. The fourth-order valence-electron chi connectivity index (χ4n) is 10.7. The number of aromatic nitrogens is 4. The van der Waals surface area contributed by atoms with Gasteiger partial charge >= 0.3 is 0 Å². The van der Waals surface area contributed by atoms with Crippen LogP contribution < -0.4 is 4.74 Å². The van der Waals surface area contributed by atoms with Crippen molar-refractivity contribution < 1.29 is 23.9 Å². The molecule has 0 radical (unpaired) electrons. The molecule has 0 aliphatic carbocycles. The number of morpholine rings is 1. The van der Waals surface area contributed by atoms with E-state index in [9.17, 15) is 14.4 Å². The van der Waals surface area contributed by atoms with Crippen LogP contribution in [0.15, 0.2) is 85.2 Å². The molecule has 2 aliphatic heterocycles. The second-order valence-electron chi connectivity index (χ2n) is 23.8. The number of aryl methyl sites for hydroxylation is 1. The molecule has 13 nitrogen and oxygen atoms in total. The van der Waals surface area contributed by atoms with Gasteiger partial charge in [-0.2, -0.15) is 10.2 Å². The lowest BCUT2D eigenvalue weighted by molar-refractivity contribution is -0.0178. The van der Waals surface area contributed by atoms with Gasteiger partial charge in [-0.25, -0.2) is 9.03 Å². The zero-order chi connectivity index (χ0) is 56.2. The number of pyridine rings is 2. The molecule has 2 aromatic carbocycles. The van der Waals surface area contributed by atoms with Crippen molar-refractivity contribution in [2.45, 2.75) is 120 Å². The van der Waals surface area contributed by atoms with Crippen molar-refractivity contribution >= 4 is 46.3 Å². The summed E-state index contributed by atoms with van der Waals surface area (Å²) in [4.78, 5) is 49.9. The summed E-state index contributed by atoms with van der Waals surface area (Å²) >= 11 is 6.85. The molecule has 79 heavy (non-hydrogen) atoms. The normalized spacial score (nSPS) is 15.5. The number of likely N-dealkylation sites (tertiary alicyclic amines) is 1. The lowest BCUT2D eigenvalue weighted by Gasteiger charge is -2.34. The van der Waals surface area contributed by atoms with Gasteiger partial charge in [-0.15, -0.1) is 0 Å². The number of amides is 2. The number of hydrogen-bond acceptors (Lipinski definition) is 9. The molecular formula is C65H87ClN8O5. The minimum Gasteiger partial charge on any atom is -0.491 e. The van der Waals surface area contributed by atoms with Crippen molar-refractivity contribution in [2.24, 2.45) is 23.7 Å². The molecule has 2 amide bonds. The molecule has 2 fully saturated rings. The van der Waals surface area contributed by atoms with Crippen molar-refractivity contribution in [3.8, 4) is 28.3 Å². The van der Waals surface area contributed by atoms with Crippen molar-refractivity contribution in [3.63, 3.8) is 0 Å². The Morgan fingerprint density at radius 3 is 1.86 bits per heavy atom. The van der Waals surface area contributed by atoms with E-state index in [-0.39, 0.29) is 23.6 Å². The van der Waals surface area contributed by atoms with E-state index < -0.39 is 0 Å². The van der Waals surface area contributed by atoms with E-state index in [0.717, 1.165) is 116 Å². The summed E-state index contributed by atoms with van der Waals surface area (Å²) in [6.45, 7) is 28.1. The van der Waals surface area contributed by atoms with Gasteiger partial charge in [-0.05, 0) is 144 Å². The molecule has 6 aromatic rings. The number of halogens is 1. The Labute approximate surface area is 475 Å². The summed E-state index contributed by atoms with van der Waals surface area (Å²) < 4.78 is 16.8. The molecule has 0 bridgehead atoms. The van der Waals surface area contributed by atoms with Gasteiger partial charge in [0.2, 0.25) is 0 Å². The number of carbonyl (C=O) groups excluding carboxylic acids is 3. The Kier molecular flexibility index (Phi) is 21.0. The highest BCUT2D eigenvalue weighted by atomic mass is 35.5. The fraction of sp³-hybridized carbons (Fsp3) is 0.523. The van der Waals surface area contributed by atoms with Crippen LogP contribution in [0.2, 0.25) is 5.02 Å². The molecule has 0 N–H and O–H groups in total. The van der Waals surface area contributed by atoms with Gasteiger partial charge in [0, 0.05) is 95.6 Å². The summed E-state index contributed by atoms with van der Waals surface area (Å²) in [5, 5.41) is 10.9. The summed E-state index contributed by atoms with van der Waals surface area (Å²) in [6, 6.07) is 21.1. The molecule has 8 rings (SSSR count). The maximum Gasteiger partial charge on any atom is 0.253 e. The van der Waals surface area contributed by atoms with E-state index in [2.05, 4.69) is 77.3 Å². The van der Waals surface area contributed by atoms with Crippen LogP contribution in [0, 0.1) is 23.7 Å². The van der Waals surface area contributed by atoms with Crippen LogP contribution >= 0.6 is 11.6 Å². The summed E-state index contributed by atoms with van der Waals surface area (Å²) in [6.07, 6.45) is 16.1. The smallest absolute Gasteiger partial charge is 0.253 e. The second-order valence-corrected chi connectivity index (χ2v) is 24.2. The number of rotatable bonds is 27. The van der Waals surface area contributed by atoms with E-state index in [1.807, 2.05) is 98.0 Å². The number of ketones is 1. The maximum absolute atomic E-state index is 14.4. The number of nitrogens with zero attached hydrogens (tertiary/aromatic N) is 8. The molecule has 14 heteroatoms. The fourth-order valence-corrected chi connectivity index (χ4v) is 10.8. The Balaban J connectivity index is 1.07. The molecule has 4 aromatic heterocycles. The molecule has 6 heterocycles. The Hall–Kier alpha value is -5.86. The highest BCUT2D eigenvalue weighted by Crippen LogP contribution is 2.37. The number of benzene rings is 2. The quantitative estimate of drug-likeness (QED) is 0.0465. The molecule has 0 saturated carbocycles. The van der Waals surface area contributed by atoms with Crippen LogP contribution in [0.3, 0.4) is 0 Å². The van der Waals surface area contributed by atoms with Gasteiger partial charge in [-0.3, -0.25) is 19.3 Å². The van der Waals surface area contributed by atoms with Crippen molar-refractivity contribution in [1.29, 1.82) is 0 Å². The Morgan fingerprint density at radius 2 is 1.28 bits per heavy atom. The first-order valence-corrected chi connectivity index (χ1v) is 29.8. The van der Waals surface area contributed by atoms with Gasteiger partial charge in [0.1, 0.15) is 23.7 Å². The predicted molar refractivity (Wildman–Crippen MR) is 321 cm³/mol. The van der Waals surface area contributed by atoms with E-state index in [0.29, 0.717) is 97.1 Å². The first-order valence-electron chi connectivity index (χ1n) is 29.4. The highest BCUT2D eigenvalue weighted by molar-refractivity contribution is 6.31. The van der Waals surface area contributed by atoms with Crippen LogP contribution in [-0.4, -0.2) is 141 Å². The number of ether oxygens (including phenoxy) is 2. The van der Waals surface area contributed by atoms with Crippen LogP contribution in [0.5, 0.6) is 5.75 Å². The molecule has 2 aliphatic rings. The SMILES string of the molecule is CC(=O)c1ccc(-c2nn3ccc(C(=O)N(CCC(C)C)CCC(C)C)cc3c2/C=C/CN2CCOCC2COc2ccc(Cl)cc2-c2nn3ccc(C(=O)N(CCC(C)C)CCC(C)C)cc3c2CCCN2CCCC2)cc1. The number of Topliss-reactive ketones (excluding diaryl/α,β-unsaturated/α-hetero) is 1. The van der Waals surface area contributed by atoms with Gasteiger partial charge in [0.15, 0.2) is 5.78 Å². The van der Waals surface area contributed by atoms with Gasteiger partial charge < -0.3 is 24.2 Å².